The van der Waals surface area contributed by atoms with E-state index in [2.05, 4.69) is 32.5 Å². The predicted octanol–water partition coefficient (Wildman–Crippen LogP) is 2.21. The Bertz CT molecular complexity index is 1180. The second-order valence-corrected chi connectivity index (χ2v) is 7.46. The molecule has 0 aliphatic carbocycles. The van der Waals surface area contributed by atoms with E-state index in [0.717, 1.165) is 11.3 Å². The Morgan fingerprint density at radius 3 is 2.82 bits per heavy atom. The van der Waals surface area contributed by atoms with Gasteiger partial charge >= 0.3 is 0 Å². The van der Waals surface area contributed by atoms with Gasteiger partial charge in [-0.1, -0.05) is 30.3 Å². The number of carbonyl (C=O) groups is 1. The van der Waals surface area contributed by atoms with E-state index in [1.165, 1.54) is 34.0 Å². The maximum absolute atomic E-state index is 12.4. The highest BCUT2D eigenvalue weighted by molar-refractivity contribution is 7.15. The van der Waals surface area contributed by atoms with Crippen LogP contribution in [0, 0.1) is 0 Å². The fraction of sp³-hybridized carbons (Fsp3) is 0.211. The second kappa shape index (κ2) is 7.73. The summed E-state index contributed by atoms with van der Waals surface area (Å²) < 4.78 is 2.97. The Morgan fingerprint density at radius 1 is 1.18 bits per heavy atom. The summed E-state index contributed by atoms with van der Waals surface area (Å²) in [5.74, 6) is -0.196. The molecular formula is C19H18N6O2S. The summed E-state index contributed by atoms with van der Waals surface area (Å²) in [6.07, 6.45) is 5.64. The van der Waals surface area contributed by atoms with Gasteiger partial charge in [-0.05, 0) is 5.56 Å². The lowest BCUT2D eigenvalue weighted by Gasteiger charge is -2.05. The number of aryl methyl sites for hydroxylation is 2. The lowest BCUT2D eigenvalue weighted by atomic mass is 10.1. The van der Waals surface area contributed by atoms with E-state index in [1.807, 2.05) is 18.2 Å². The minimum atomic E-state index is -0.203. The van der Waals surface area contributed by atoms with Gasteiger partial charge in [-0.15, -0.1) is 11.3 Å². The molecule has 1 aromatic carbocycles. The van der Waals surface area contributed by atoms with Gasteiger partial charge in [0, 0.05) is 37.5 Å². The maximum Gasteiger partial charge on any atom is 0.264 e. The third kappa shape index (κ3) is 3.84. The van der Waals surface area contributed by atoms with Crippen LogP contribution in [0.25, 0.3) is 11.0 Å². The molecule has 0 spiro atoms. The fourth-order valence-electron chi connectivity index (χ4n) is 2.87. The number of aromatic nitrogens is 5. The Labute approximate surface area is 164 Å². The van der Waals surface area contributed by atoms with Crippen molar-refractivity contribution in [2.75, 3.05) is 5.32 Å². The zero-order valence-electron chi connectivity index (χ0n) is 15.2. The standard InChI is InChI=1S/C19H18N6O2S/c1-24-17-15(11-22-24)18(27)25(12-21-17)8-7-16(26)23-19-20-10-14(28-19)9-13-5-3-2-4-6-13/h2-6,10-12H,7-9H2,1H3,(H,20,23,26). The first-order valence-electron chi connectivity index (χ1n) is 8.76. The molecule has 0 bridgehead atoms. The monoisotopic (exact) mass is 394 g/mol. The number of nitrogens with one attached hydrogen (secondary N) is 1. The lowest BCUT2D eigenvalue weighted by molar-refractivity contribution is -0.116. The number of carbonyl (C=O) groups excluding carboxylic acids is 1. The number of benzene rings is 1. The summed E-state index contributed by atoms with van der Waals surface area (Å²) in [4.78, 5) is 34.2. The molecule has 1 N–H and O–H groups in total. The summed E-state index contributed by atoms with van der Waals surface area (Å²) in [6.45, 7) is 0.241. The molecule has 0 saturated heterocycles. The lowest BCUT2D eigenvalue weighted by Crippen LogP contribution is -2.23. The number of fused-ring (bicyclic) bond motifs is 1. The van der Waals surface area contributed by atoms with Crippen molar-refractivity contribution in [2.24, 2.45) is 7.05 Å². The van der Waals surface area contributed by atoms with Crippen molar-refractivity contribution in [1.82, 2.24) is 24.3 Å². The summed E-state index contributed by atoms with van der Waals surface area (Å²) >= 11 is 1.45. The van der Waals surface area contributed by atoms with E-state index in [-0.39, 0.29) is 24.4 Å². The van der Waals surface area contributed by atoms with E-state index < -0.39 is 0 Å². The number of hydrogen-bond donors (Lipinski definition) is 1. The van der Waals surface area contributed by atoms with E-state index in [9.17, 15) is 9.59 Å². The predicted molar refractivity (Wildman–Crippen MR) is 107 cm³/mol. The van der Waals surface area contributed by atoms with Crippen LogP contribution in [-0.2, 0) is 24.8 Å². The van der Waals surface area contributed by atoms with Crippen molar-refractivity contribution in [3.63, 3.8) is 0 Å². The van der Waals surface area contributed by atoms with Crippen molar-refractivity contribution >= 4 is 33.4 Å². The van der Waals surface area contributed by atoms with Crippen LogP contribution in [-0.4, -0.2) is 30.2 Å². The highest BCUT2D eigenvalue weighted by atomic mass is 32.1. The summed E-state index contributed by atoms with van der Waals surface area (Å²) in [6, 6.07) is 10.1. The van der Waals surface area contributed by atoms with Crippen molar-refractivity contribution in [3.05, 3.63) is 69.8 Å². The van der Waals surface area contributed by atoms with Gasteiger partial charge in [0.25, 0.3) is 5.56 Å². The number of rotatable bonds is 6. The third-order valence-corrected chi connectivity index (χ3v) is 5.23. The zero-order chi connectivity index (χ0) is 19.5. The van der Waals surface area contributed by atoms with Crippen LogP contribution in [0.4, 0.5) is 5.13 Å². The van der Waals surface area contributed by atoms with E-state index in [4.69, 9.17) is 0 Å². The summed E-state index contributed by atoms with van der Waals surface area (Å²) in [7, 11) is 1.73. The third-order valence-electron chi connectivity index (χ3n) is 4.32. The summed E-state index contributed by atoms with van der Waals surface area (Å²) in [5, 5.41) is 7.83. The number of anilines is 1. The number of hydrogen-bond acceptors (Lipinski definition) is 6. The van der Waals surface area contributed by atoms with Crippen LogP contribution in [0.2, 0.25) is 0 Å². The minimum absolute atomic E-state index is 0.154. The van der Waals surface area contributed by atoms with Gasteiger partial charge in [-0.2, -0.15) is 5.10 Å². The second-order valence-electron chi connectivity index (χ2n) is 6.34. The molecular weight excluding hydrogens is 376 g/mol. The summed E-state index contributed by atoms with van der Waals surface area (Å²) in [5.41, 5.74) is 1.52. The largest absolute Gasteiger partial charge is 0.302 e. The van der Waals surface area contributed by atoms with Gasteiger partial charge in [0.15, 0.2) is 10.8 Å². The molecule has 0 atom stereocenters. The first-order valence-corrected chi connectivity index (χ1v) is 9.57. The van der Waals surface area contributed by atoms with Crippen LogP contribution >= 0.6 is 11.3 Å². The fourth-order valence-corrected chi connectivity index (χ4v) is 3.74. The molecule has 142 valence electrons. The first kappa shape index (κ1) is 18.1. The Kier molecular flexibility index (Phi) is 4.98. The number of thiazole rings is 1. The minimum Gasteiger partial charge on any atom is -0.302 e. The van der Waals surface area contributed by atoms with Gasteiger partial charge in [0.05, 0.1) is 12.5 Å². The average Bonchev–Trinajstić information content (AvgIpc) is 3.29. The molecule has 9 heteroatoms. The van der Waals surface area contributed by atoms with Crippen LogP contribution in [0.15, 0.2) is 53.8 Å². The van der Waals surface area contributed by atoms with E-state index in [0.29, 0.717) is 16.2 Å². The van der Waals surface area contributed by atoms with Crippen molar-refractivity contribution in [3.8, 4) is 0 Å². The number of amides is 1. The van der Waals surface area contributed by atoms with Gasteiger partial charge in [-0.3, -0.25) is 18.8 Å². The maximum atomic E-state index is 12.4. The molecule has 8 nitrogen and oxygen atoms in total. The molecule has 1 amide bonds. The normalized spacial score (nSPS) is 11.0. The molecule has 0 radical (unpaired) electrons. The number of nitrogens with zero attached hydrogens (tertiary/aromatic N) is 5. The molecule has 4 rings (SSSR count). The molecule has 0 aliphatic rings. The van der Waals surface area contributed by atoms with E-state index in [1.54, 1.807) is 17.9 Å². The van der Waals surface area contributed by atoms with E-state index >= 15 is 0 Å². The van der Waals surface area contributed by atoms with Gasteiger partial charge in [0.1, 0.15) is 5.39 Å². The van der Waals surface area contributed by atoms with Gasteiger partial charge in [-0.25, -0.2) is 9.97 Å². The first-order chi connectivity index (χ1) is 13.6. The Balaban J connectivity index is 1.36. The molecule has 3 heterocycles. The van der Waals surface area contributed by atoms with Crippen LogP contribution in [0.5, 0.6) is 0 Å². The van der Waals surface area contributed by atoms with Gasteiger partial charge < -0.3 is 5.32 Å². The Hall–Kier alpha value is -3.33. The van der Waals surface area contributed by atoms with Crippen LogP contribution in [0.3, 0.4) is 0 Å². The quantitative estimate of drug-likeness (QED) is 0.541. The molecule has 28 heavy (non-hydrogen) atoms. The molecule has 4 aromatic rings. The van der Waals surface area contributed by atoms with Crippen LogP contribution in [0.1, 0.15) is 16.9 Å². The van der Waals surface area contributed by atoms with Crippen LogP contribution < -0.4 is 10.9 Å². The average molecular weight is 394 g/mol. The highest BCUT2D eigenvalue weighted by Crippen LogP contribution is 2.21. The molecule has 3 aromatic heterocycles. The van der Waals surface area contributed by atoms with Gasteiger partial charge in [0.2, 0.25) is 5.91 Å². The van der Waals surface area contributed by atoms with Crippen molar-refractivity contribution < 1.29 is 4.79 Å². The Morgan fingerprint density at radius 2 is 2.00 bits per heavy atom. The van der Waals surface area contributed by atoms with Crippen molar-refractivity contribution in [2.45, 2.75) is 19.4 Å². The molecule has 0 fully saturated rings. The highest BCUT2D eigenvalue weighted by Gasteiger charge is 2.11. The smallest absolute Gasteiger partial charge is 0.264 e. The molecule has 0 aliphatic heterocycles. The zero-order valence-corrected chi connectivity index (χ0v) is 16.0. The molecule has 0 unspecified atom stereocenters. The van der Waals surface area contributed by atoms with Crippen molar-refractivity contribution in [1.29, 1.82) is 0 Å². The topological polar surface area (TPSA) is 94.7 Å². The molecule has 0 saturated carbocycles. The SMILES string of the molecule is Cn1ncc2c(=O)n(CCC(=O)Nc3ncc(Cc4ccccc4)s3)cnc21.